The molecule has 4 rings (SSSR count). The van der Waals surface area contributed by atoms with Crippen LogP contribution in [0, 0.1) is 19.1 Å². The molecule has 0 radical (unpaired) electrons. The first kappa shape index (κ1) is 20.6. The van der Waals surface area contributed by atoms with Crippen LogP contribution < -0.4 is 0 Å². The second-order valence-corrected chi connectivity index (χ2v) is 5.74. The maximum atomic E-state index is 9.78. The molecule has 1 N–H and O–H groups in total. The monoisotopic (exact) mass is 532 g/mol. The molecule has 4 heteroatoms. The van der Waals surface area contributed by atoms with Gasteiger partial charge in [0.2, 0.25) is 0 Å². The molecule has 1 unspecified atom stereocenters. The molecule has 1 aliphatic rings. The van der Waals surface area contributed by atoms with Crippen LogP contribution in [-0.4, -0.2) is 10.1 Å². The number of rotatable bonds is 2. The predicted octanol–water partition coefficient (Wildman–Crippen LogP) is 5.55. The van der Waals surface area contributed by atoms with Gasteiger partial charge < -0.3 is 15.4 Å². The fourth-order valence-electron chi connectivity index (χ4n) is 2.49. The van der Waals surface area contributed by atoms with Gasteiger partial charge in [-0.1, -0.05) is 54.5 Å². The van der Waals surface area contributed by atoms with E-state index in [2.05, 4.69) is 28.5 Å². The molecular formula is C23H19IrN2O. The number of aromatic nitrogens is 1. The Morgan fingerprint density at radius 3 is 2.52 bits per heavy atom. The van der Waals surface area contributed by atoms with Crippen molar-refractivity contribution in [2.75, 3.05) is 0 Å². The SMILES string of the molecule is Cc1cc[c-]c(-c2ccccn2)c1O.[Ir+3].[c-]1ccccc1C1C=CC=C[N-]1. The van der Waals surface area contributed by atoms with E-state index in [1.807, 2.05) is 73.8 Å². The van der Waals surface area contributed by atoms with Gasteiger partial charge in [0, 0.05) is 11.9 Å². The van der Waals surface area contributed by atoms with E-state index < -0.39 is 0 Å². The second-order valence-electron chi connectivity index (χ2n) is 5.74. The van der Waals surface area contributed by atoms with Crippen molar-refractivity contribution in [3.05, 3.63) is 114 Å². The Hall–Kier alpha value is -2.68. The van der Waals surface area contributed by atoms with Crippen LogP contribution >= 0.6 is 0 Å². The average molecular weight is 532 g/mol. The molecule has 136 valence electrons. The largest absolute Gasteiger partial charge is 3.00 e. The van der Waals surface area contributed by atoms with Crippen LogP contribution in [0.5, 0.6) is 5.75 Å². The van der Waals surface area contributed by atoms with Crippen molar-refractivity contribution in [3.8, 4) is 17.0 Å². The minimum Gasteiger partial charge on any atom is -0.683 e. The third kappa shape index (κ3) is 5.65. The smallest absolute Gasteiger partial charge is 0.683 e. The first-order valence-corrected chi connectivity index (χ1v) is 8.37. The second kappa shape index (κ2) is 10.5. The van der Waals surface area contributed by atoms with E-state index in [4.69, 9.17) is 0 Å². The number of phenols is 1. The first-order chi connectivity index (χ1) is 12.8. The normalized spacial score (nSPS) is 14.3. The van der Waals surface area contributed by atoms with Crippen LogP contribution in [0.25, 0.3) is 16.6 Å². The molecule has 27 heavy (non-hydrogen) atoms. The van der Waals surface area contributed by atoms with Gasteiger partial charge in [-0.05, 0) is 11.8 Å². The topological polar surface area (TPSA) is 47.2 Å². The summed E-state index contributed by atoms with van der Waals surface area (Å²) in [4.78, 5) is 4.16. The maximum absolute atomic E-state index is 9.78. The minimum absolute atomic E-state index is 0. The van der Waals surface area contributed by atoms with Crippen LogP contribution in [0.3, 0.4) is 0 Å². The fourth-order valence-corrected chi connectivity index (χ4v) is 2.49. The van der Waals surface area contributed by atoms with Crippen molar-refractivity contribution in [1.82, 2.24) is 4.98 Å². The van der Waals surface area contributed by atoms with Crippen molar-refractivity contribution in [2.24, 2.45) is 0 Å². The molecule has 0 amide bonds. The Kier molecular flexibility index (Phi) is 7.99. The number of hydrogen-bond donors (Lipinski definition) is 1. The molecule has 3 aromatic rings. The number of nitrogens with zero attached hydrogens (tertiary/aromatic N) is 2. The average Bonchev–Trinajstić information content (AvgIpc) is 2.72. The molecular weight excluding hydrogens is 512 g/mol. The molecule has 1 aliphatic heterocycles. The number of aromatic hydroxyl groups is 1. The van der Waals surface area contributed by atoms with Gasteiger partial charge in [0.15, 0.2) is 0 Å². The molecule has 0 saturated heterocycles. The fraction of sp³-hybridized carbons (Fsp3) is 0.0870. The van der Waals surface area contributed by atoms with Gasteiger partial charge in [-0.3, -0.25) is 0 Å². The van der Waals surface area contributed by atoms with Gasteiger partial charge in [-0.15, -0.1) is 18.2 Å². The van der Waals surface area contributed by atoms with Crippen molar-refractivity contribution < 1.29 is 25.2 Å². The Morgan fingerprint density at radius 1 is 1.00 bits per heavy atom. The number of allylic oxidation sites excluding steroid dienone is 2. The van der Waals surface area contributed by atoms with E-state index in [1.54, 1.807) is 12.3 Å². The van der Waals surface area contributed by atoms with E-state index in [9.17, 15) is 5.11 Å². The summed E-state index contributed by atoms with van der Waals surface area (Å²) in [6.45, 7) is 1.86. The molecule has 0 bridgehead atoms. The predicted molar refractivity (Wildman–Crippen MR) is 105 cm³/mol. The Labute approximate surface area is 173 Å². The molecule has 0 spiro atoms. The molecule has 3 nitrogen and oxygen atoms in total. The maximum Gasteiger partial charge on any atom is 3.00 e. The molecule has 2 heterocycles. The van der Waals surface area contributed by atoms with Crippen molar-refractivity contribution in [2.45, 2.75) is 13.0 Å². The molecule has 1 aromatic heterocycles. The third-order valence-corrected chi connectivity index (χ3v) is 3.88. The summed E-state index contributed by atoms with van der Waals surface area (Å²) < 4.78 is 0. The van der Waals surface area contributed by atoms with Gasteiger partial charge in [-0.2, -0.15) is 42.1 Å². The number of aryl methyl sites for hydroxylation is 1. The number of pyridine rings is 1. The zero-order chi connectivity index (χ0) is 18.2. The first-order valence-electron chi connectivity index (χ1n) is 8.37. The number of hydrogen-bond acceptors (Lipinski definition) is 2. The quantitative estimate of drug-likeness (QED) is 0.441. The van der Waals surface area contributed by atoms with Gasteiger partial charge >= 0.3 is 20.1 Å². The molecule has 0 saturated carbocycles. The minimum atomic E-state index is 0. The number of benzene rings is 2. The summed E-state index contributed by atoms with van der Waals surface area (Å²) in [6, 6.07) is 23.4. The summed E-state index contributed by atoms with van der Waals surface area (Å²) in [5.41, 5.74) is 3.36. The summed E-state index contributed by atoms with van der Waals surface area (Å²) in [5.74, 6) is 0.256. The van der Waals surface area contributed by atoms with E-state index in [0.717, 1.165) is 16.8 Å². The molecule has 2 aromatic carbocycles. The van der Waals surface area contributed by atoms with Crippen LogP contribution in [0.15, 0.2) is 85.2 Å². The van der Waals surface area contributed by atoms with E-state index in [-0.39, 0.29) is 31.9 Å². The van der Waals surface area contributed by atoms with Crippen LogP contribution in [-0.2, 0) is 20.1 Å². The third-order valence-electron chi connectivity index (χ3n) is 3.88. The molecule has 0 aliphatic carbocycles. The van der Waals surface area contributed by atoms with Crippen molar-refractivity contribution >= 4 is 0 Å². The zero-order valence-electron chi connectivity index (χ0n) is 14.8. The molecule has 1 atom stereocenters. The van der Waals surface area contributed by atoms with E-state index in [1.165, 1.54) is 0 Å². The van der Waals surface area contributed by atoms with E-state index in [0.29, 0.717) is 5.56 Å². The number of phenolic OH excluding ortho intramolecular Hbond substituents is 1. The van der Waals surface area contributed by atoms with Crippen LogP contribution in [0.4, 0.5) is 0 Å². The summed E-state index contributed by atoms with van der Waals surface area (Å²) in [6.07, 6.45) is 9.53. The Morgan fingerprint density at radius 2 is 1.85 bits per heavy atom. The summed E-state index contributed by atoms with van der Waals surface area (Å²) >= 11 is 0. The summed E-state index contributed by atoms with van der Waals surface area (Å²) in [7, 11) is 0. The Balaban J connectivity index is 0.000000189. The van der Waals surface area contributed by atoms with Gasteiger partial charge in [0.1, 0.15) is 0 Å². The van der Waals surface area contributed by atoms with Gasteiger partial charge in [-0.25, -0.2) is 0 Å². The van der Waals surface area contributed by atoms with Crippen LogP contribution in [0.1, 0.15) is 17.2 Å². The van der Waals surface area contributed by atoms with E-state index >= 15 is 0 Å². The van der Waals surface area contributed by atoms with Crippen LogP contribution in [0.2, 0.25) is 0 Å². The van der Waals surface area contributed by atoms with Crippen molar-refractivity contribution in [1.29, 1.82) is 0 Å². The summed E-state index contributed by atoms with van der Waals surface area (Å²) in [5, 5.41) is 14.1. The molecule has 0 fully saturated rings. The Bertz CT molecular complexity index is 893. The van der Waals surface area contributed by atoms with Crippen molar-refractivity contribution in [3.63, 3.8) is 0 Å². The van der Waals surface area contributed by atoms with Gasteiger partial charge in [0.05, 0.1) is 0 Å². The standard InChI is InChI=1S/C12H10NO.C11H9N.Ir/c1-9-5-4-6-10(12(9)14)11-7-2-3-8-13-11;1-2-6-10(7-3-1)11-8-4-5-9-12-11;/h2-5,7-8,14H,1H3;1-6,8-9,11H;/q-1;-2;+3. The zero-order valence-corrected chi connectivity index (χ0v) is 17.2. The van der Waals surface area contributed by atoms with Gasteiger partial charge in [0.25, 0.3) is 0 Å².